The molecule has 0 bridgehead atoms. The Morgan fingerprint density at radius 3 is 2.94 bits per heavy atom. The second-order valence-electron chi connectivity index (χ2n) is 3.43. The third-order valence-electron chi connectivity index (χ3n) is 2.53. The summed E-state index contributed by atoms with van der Waals surface area (Å²) in [5.41, 5.74) is 1.33. The molecular weight excluding hydrogens is 226 g/mol. The third-order valence-corrected chi connectivity index (χ3v) is 2.81. The van der Waals surface area contributed by atoms with Crippen molar-refractivity contribution in [3.63, 3.8) is 0 Å². The quantitative estimate of drug-likeness (QED) is 0.644. The first-order valence-corrected chi connectivity index (χ1v) is 5.18. The lowest BCUT2D eigenvalue weighted by Gasteiger charge is -2.05. The zero-order chi connectivity index (χ0) is 11.1. The molecule has 80 valence electrons. The van der Waals surface area contributed by atoms with Crippen molar-refractivity contribution >= 4 is 33.6 Å². The molecule has 0 radical (unpaired) electrons. The van der Waals surface area contributed by atoms with E-state index in [-0.39, 0.29) is 0 Å². The molecule has 0 spiro atoms. The minimum absolute atomic E-state index is 0.501. The fourth-order valence-electron chi connectivity index (χ4n) is 1.83. The van der Waals surface area contributed by atoms with Crippen LogP contribution in [0.2, 0.25) is 5.02 Å². The van der Waals surface area contributed by atoms with Gasteiger partial charge in [-0.3, -0.25) is 0 Å². The van der Waals surface area contributed by atoms with E-state index in [0.29, 0.717) is 16.5 Å². The van der Waals surface area contributed by atoms with Gasteiger partial charge < -0.3 is 9.15 Å². The van der Waals surface area contributed by atoms with Crippen molar-refractivity contribution in [1.29, 1.82) is 0 Å². The summed E-state index contributed by atoms with van der Waals surface area (Å²) in [5, 5.41) is 2.17. The number of fused-ring (bicyclic) bond motifs is 2. The average Bonchev–Trinajstić information content (AvgIpc) is 2.68. The highest BCUT2D eigenvalue weighted by molar-refractivity contribution is 6.36. The molecule has 0 N–H and O–H groups in total. The molecule has 0 unspecified atom stereocenters. The van der Waals surface area contributed by atoms with Crippen LogP contribution in [0.25, 0.3) is 22.0 Å². The smallest absolute Gasteiger partial charge is 0.231 e. The van der Waals surface area contributed by atoms with E-state index < -0.39 is 0 Å². The molecule has 0 amide bonds. The van der Waals surface area contributed by atoms with Crippen molar-refractivity contribution in [1.82, 2.24) is 4.98 Å². The zero-order valence-electron chi connectivity index (χ0n) is 8.53. The molecule has 0 atom stereocenters. The van der Waals surface area contributed by atoms with Gasteiger partial charge in [-0.25, -0.2) is 4.98 Å². The summed E-state index contributed by atoms with van der Waals surface area (Å²) in [6.45, 7) is 0. The average molecular weight is 234 g/mol. The van der Waals surface area contributed by atoms with Crippen molar-refractivity contribution in [3.05, 3.63) is 35.6 Å². The second-order valence-corrected chi connectivity index (χ2v) is 3.83. The molecule has 0 saturated carbocycles. The summed E-state index contributed by atoms with van der Waals surface area (Å²) < 4.78 is 10.7. The van der Waals surface area contributed by atoms with E-state index in [0.717, 1.165) is 16.3 Å². The molecule has 1 aromatic carbocycles. The number of benzene rings is 1. The highest BCUT2D eigenvalue weighted by Crippen LogP contribution is 2.37. The van der Waals surface area contributed by atoms with Crippen LogP contribution in [-0.4, -0.2) is 12.1 Å². The standard InChI is InChI=1S/C12H8ClNO2/c1-15-11-7-4-2-3-5-9(7)14-12-10(11)8(13)6-16-12/h2-6H,1H3. The Balaban J connectivity index is 2.59. The first kappa shape index (κ1) is 9.48. The molecule has 3 rings (SSSR count). The van der Waals surface area contributed by atoms with Crippen LogP contribution in [0, 0.1) is 0 Å². The number of halogens is 1. The van der Waals surface area contributed by atoms with Gasteiger partial charge in [0.05, 0.1) is 17.6 Å². The number of ether oxygens (including phenoxy) is 1. The minimum Gasteiger partial charge on any atom is -0.495 e. The Morgan fingerprint density at radius 2 is 2.12 bits per heavy atom. The summed E-state index contributed by atoms with van der Waals surface area (Å²) in [6.07, 6.45) is 1.47. The lowest BCUT2D eigenvalue weighted by Crippen LogP contribution is -1.88. The molecule has 2 heterocycles. The fourth-order valence-corrected chi connectivity index (χ4v) is 2.05. The van der Waals surface area contributed by atoms with Crippen LogP contribution in [0.4, 0.5) is 0 Å². The molecule has 3 nitrogen and oxygen atoms in total. The number of rotatable bonds is 1. The molecule has 0 aliphatic heterocycles. The Kier molecular flexibility index (Phi) is 2.01. The second kappa shape index (κ2) is 3.39. The SMILES string of the molecule is COc1c2ccccc2nc2occ(Cl)c12. The summed E-state index contributed by atoms with van der Waals surface area (Å²) >= 11 is 6.04. The molecular formula is C12H8ClNO2. The lowest BCUT2D eigenvalue weighted by molar-refractivity contribution is 0.424. The number of furan rings is 1. The Bertz CT molecular complexity index is 675. The van der Waals surface area contributed by atoms with E-state index in [1.807, 2.05) is 24.3 Å². The van der Waals surface area contributed by atoms with Crippen molar-refractivity contribution in [2.24, 2.45) is 0 Å². The highest BCUT2D eigenvalue weighted by atomic mass is 35.5. The van der Waals surface area contributed by atoms with Crippen LogP contribution in [0.3, 0.4) is 0 Å². The topological polar surface area (TPSA) is 35.3 Å². The van der Waals surface area contributed by atoms with E-state index in [2.05, 4.69) is 4.98 Å². The van der Waals surface area contributed by atoms with E-state index in [1.165, 1.54) is 6.26 Å². The lowest BCUT2D eigenvalue weighted by atomic mass is 10.1. The van der Waals surface area contributed by atoms with Gasteiger partial charge >= 0.3 is 0 Å². The molecule has 3 aromatic rings. The molecule has 0 aliphatic carbocycles. The van der Waals surface area contributed by atoms with Gasteiger partial charge in [0, 0.05) is 5.39 Å². The van der Waals surface area contributed by atoms with Crippen molar-refractivity contribution in [3.8, 4) is 5.75 Å². The molecule has 16 heavy (non-hydrogen) atoms. The molecule has 0 saturated heterocycles. The largest absolute Gasteiger partial charge is 0.495 e. The Morgan fingerprint density at radius 1 is 1.31 bits per heavy atom. The van der Waals surface area contributed by atoms with Gasteiger partial charge in [-0.1, -0.05) is 23.7 Å². The van der Waals surface area contributed by atoms with Crippen LogP contribution in [-0.2, 0) is 0 Å². The summed E-state index contributed by atoms with van der Waals surface area (Å²) in [5.74, 6) is 0.708. The van der Waals surface area contributed by atoms with E-state index in [1.54, 1.807) is 7.11 Å². The number of aromatic nitrogens is 1. The summed E-state index contributed by atoms with van der Waals surface area (Å²) in [6, 6.07) is 7.72. The van der Waals surface area contributed by atoms with Gasteiger partial charge in [-0.2, -0.15) is 0 Å². The van der Waals surface area contributed by atoms with Gasteiger partial charge in [-0.15, -0.1) is 0 Å². The molecule has 0 fully saturated rings. The molecule has 4 heteroatoms. The normalized spacial score (nSPS) is 11.1. The minimum atomic E-state index is 0.501. The predicted molar refractivity (Wildman–Crippen MR) is 63.1 cm³/mol. The number of para-hydroxylation sites is 1. The first-order chi connectivity index (χ1) is 7.81. The van der Waals surface area contributed by atoms with Crippen LogP contribution < -0.4 is 4.74 Å². The van der Waals surface area contributed by atoms with Crippen LogP contribution >= 0.6 is 11.6 Å². The Labute approximate surface area is 96.6 Å². The first-order valence-electron chi connectivity index (χ1n) is 4.80. The van der Waals surface area contributed by atoms with Gasteiger partial charge in [0.1, 0.15) is 17.4 Å². The maximum absolute atomic E-state index is 6.04. The van der Waals surface area contributed by atoms with Crippen LogP contribution in [0.15, 0.2) is 34.9 Å². The Hall–Kier alpha value is -1.74. The van der Waals surface area contributed by atoms with Crippen molar-refractivity contribution < 1.29 is 9.15 Å². The van der Waals surface area contributed by atoms with Gasteiger partial charge in [0.2, 0.25) is 5.71 Å². The summed E-state index contributed by atoms with van der Waals surface area (Å²) in [4.78, 5) is 4.38. The van der Waals surface area contributed by atoms with Crippen molar-refractivity contribution in [2.45, 2.75) is 0 Å². The van der Waals surface area contributed by atoms with Crippen LogP contribution in [0.5, 0.6) is 5.75 Å². The van der Waals surface area contributed by atoms with Crippen molar-refractivity contribution in [2.75, 3.05) is 7.11 Å². The number of nitrogens with zero attached hydrogens (tertiary/aromatic N) is 1. The maximum atomic E-state index is 6.04. The highest BCUT2D eigenvalue weighted by Gasteiger charge is 2.15. The molecule has 2 aromatic heterocycles. The monoisotopic (exact) mass is 233 g/mol. The summed E-state index contributed by atoms with van der Waals surface area (Å²) in [7, 11) is 1.62. The van der Waals surface area contributed by atoms with Gasteiger partial charge in [0.15, 0.2) is 0 Å². The number of methoxy groups -OCH3 is 1. The predicted octanol–water partition coefficient (Wildman–Crippen LogP) is 3.64. The van der Waals surface area contributed by atoms with E-state index in [9.17, 15) is 0 Å². The van der Waals surface area contributed by atoms with Crippen LogP contribution in [0.1, 0.15) is 0 Å². The molecule has 0 aliphatic rings. The third kappa shape index (κ3) is 1.18. The van der Waals surface area contributed by atoms with Gasteiger partial charge in [-0.05, 0) is 12.1 Å². The zero-order valence-corrected chi connectivity index (χ0v) is 9.28. The van der Waals surface area contributed by atoms with E-state index >= 15 is 0 Å². The maximum Gasteiger partial charge on any atom is 0.231 e. The number of hydrogen-bond donors (Lipinski definition) is 0. The van der Waals surface area contributed by atoms with E-state index in [4.69, 9.17) is 20.8 Å². The fraction of sp³-hybridized carbons (Fsp3) is 0.0833. The van der Waals surface area contributed by atoms with Gasteiger partial charge in [0.25, 0.3) is 0 Å². The number of pyridine rings is 1. The number of hydrogen-bond acceptors (Lipinski definition) is 3.